The van der Waals surface area contributed by atoms with Crippen LogP contribution in [0.5, 0.6) is 0 Å². The van der Waals surface area contributed by atoms with Gasteiger partial charge >= 0.3 is 5.97 Å². The molecule has 1 rings (SSSR count). The summed E-state index contributed by atoms with van der Waals surface area (Å²) in [5.41, 5.74) is 1.26. The van der Waals surface area contributed by atoms with E-state index in [1.165, 1.54) is 7.11 Å². The van der Waals surface area contributed by atoms with Crippen molar-refractivity contribution >= 4 is 5.97 Å². The van der Waals surface area contributed by atoms with Gasteiger partial charge in [-0.2, -0.15) is 5.26 Å². The Morgan fingerprint density at radius 1 is 1.47 bits per heavy atom. The van der Waals surface area contributed by atoms with Gasteiger partial charge in [-0.3, -0.25) is 0 Å². The molecule has 1 aromatic heterocycles. The molecule has 0 aromatic carbocycles. The van der Waals surface area contributed by atoms with Gasteiger partial charge in [-0.15, -0.1) is 0 Å². The lowest BCUT2D eigenvalue weighted by Crippen LogP contribution is -2.07. The monoisotopic (exact) mass is 256 g/mol. The Kier molecular flexibility index (Phi) is 4.67. The summed E-state index contributed by atoms with van der Waals surface area (Å²) >= 11 is 0. The minimum atomic E-state index is -0.483. The topological polar surface area (TPSA) is 63.0 Å². The molecule has 0 fully saturated rings. The van der Waals surface area contributed by atoms with Crippen molar-refractivity contribution in [1.82, 2.24) is 4.98 Å². The largest absolute Gasteiger partial charge is 0.464 e. The van der Waals surface area contributed by atoms with E-state index in [-0.39, 0.29) is 11.1 Å². The Morgan fingerprint density at radius 3 is 2.74 bits per heavy atom. The van der Waals surface area contributed by atoms with Crippen LogP contribution in [-0.4, -0.2) is 18.1 Å². The van der Waals surface area contributed by atoms with E-state index in [0.29, 0.717) is 17.7 Å². The summed E-state index contributed by atoms with van der Waals surface area (Å²) in [5.74, 6) is 5.53. The van der Waals surface area contributed by atoms with Crippen molar-refractivity contribution in [2.75, 3.05) is 7.11 Å². The summed E-state index contributed by atoms with van der Waals surface area (Å²) in [6.07, 6.45) is 0.355. The number of hydrogen-bond acceptors (Lipinski definition) is 4. The normalized spacial score (nSPS) is 10.1. The SMILES string of the molecule is COC(=O)c1cc(C#CC(C)(C)CC#N)cc(C)n1. The van der Waals surface area contributed by atoms with E-state index in [9.17, 15) is 4.79 Å². The van der Waals surface area contributed by atoms with Gasteiger partial charge < -0.3 is 4.74 Å². The highest BCUT2D eigenvalue weighted by molar-refractivity contribution is 5.87. The van der Waals surface area contributed by atoms with Crippen LogP contribution >= 0.6 is 0 Å². The first-order chi connectivity index (χ1) is 8.88. The second-order valence-corrected chi connectivity index (χ2v) is 4.84. The van der Waals surface area contributed by atoms with E-state index in [2.05, 4.69) is 27.6 Å². The molecule has 0 amide bonds. The highest BCUT2D eigenvalue weighted by Crippen LogP contribution is 2.18. The Morgan fingerprint density at radius 2 is 2.16 bits per heavy atom. The highest BCUT2D eigenvalue weighted by atomic mass is 16.5. The fraction of sp³-hybridized carbons (Fsp3) is 0.400. The Bertz CT molecular complexity index is 586. The molecule has 0 atom stereocenters. The summed E-state index contributed by atoms with van der Waals surface area (Å²) < 4.78 is 4.64. The van der Waals surface area contributed by atoms with Crippen molar-refractivity contribution in [3.8, 4) is 17.9 Å². The van der Waals surface area contributed by atoms with Gasteiger partial charge in [0, 0.05) is 16.7 Å². The van der Waals surface area contributed by atoms with Crippen molar-refractivity contribution in [3.63, 3.8) is 0 Å². The molecule has 0 radical (unpaired) electrons. The average molecular weight is 256 g/mol. The second-order valence-electron chi connectivity index (χ2n) is 4.84. The van der Waals surface area contributed by atoms with E-state index >= 15 is 0 Å². The van der Waals surface area contributed by atoms with Gasteiger partial charge in [0.2, 0.25) is 0 Å². The predicted molar refractivity (Wildman–Crippen MR) is 71.2 cm³/mol. The van der Waals surface area contributed by atoms with E-state index in [4.69, 9.17) is 5.26 Å². The third-order valence-corrected chi connectivity index (χ3v) is 2.41. The third kappa shape index (κ3) is 4.44. The maximum atomic E-state index is 11.4. The van der Waals surface area contributed by atoms with Crippen LogP contribution in [-0.2, 0) is 4.74 Å². The zero-order chi connectivity index (χ0) is 14.5. The van der Waals surface area contributed by atoms with Crippen LogP contribution in [0.15, 0.2) is 12.1 Å². The van der Waals surface area contributed by atoms with E-state index < -0.39 is 5.97 Å². The minimum Gasteiger partial charge on any atom is -0.464 e. The number of carbonyl (C=O) groups excluding carboxylic acids is 1. The third-order valence-electron chi connectivity index (χ3n) is 2.41. The molecule has 0 aliphatic carbocycles. The van der Waals surface area contributed by atoms with Crippen molar-refractivity contribution in [1.29, 1.82) is 5.26 Å². The van der Waals surface area contributed by atoms with E-state index in [0.717, 1.165) is 0 Å². The van der Waals surface area contributed by atoms with Gasteiger partial charge in [0.15, 0.2) is 0 Å². The number of methoxy groups -OCH3 is 1. The smallest absolute Gasteiger partial charge is 0.356 e. The Labute approximate surface area is 113 Å². The molecule has 0 bridgehead atoms. The number of pyridine rings is 1. The van der Waals surface area contributed by atoms with Crippen molar-refractivity contribution in [3.05, 3.63) is 29.1 Å². The summed E-state index contributed by atoms with van der Waals surface area (Å²) in [6.45, 7) is 5.59. The molecule has 1 aromatic rings. The van der Waals surface area contributed by atoms with Crippen LogP contribution in [0.1, 0.15) is 42.0 Å². The van der Waals surface area contributed by atoms with Gasteiger partial charge in [-0.1, -0.05) is 11.8 Å². The molecule has 19 heavy (non-hydrogen) atoms. The van der Waals surface area contributed by atoms with E-state index in [1.807, 2.05) is 13.8 Å². The Balaban J connectivity index is 3.10. The summed E-state index contributed by atoms with van der Waals surface area (Å²) in [5, 5.41) is 8.70. The Hall–Kier alpha value is -2.33. The van der Waals surface area contributed by atoms with Crippen LogP contribution in [0.2, 0.25) is 0 Å². The number of esters is 1. The first-order valence-electron chi connectivity index (χ1n) is 5.85. The van der Waals surface area contributed by atoms with Gasteiger partial charge in [-0.25, -0.2) is 9.78 Å². The first-order valence-corrected chi connectivity index (χ1v) is 5.85. The van der Waals surface area contributed by atoms with Gasteiger partial charge in [0.1, 0.15) is 5.69 Å². The molecule has 0 unspecified atom stereocenters. The first kappa shape index (κ1) is 14.7. The number of aromatic nitrogens is 1. The van der Waals surface area contributed by atoms with Crippen molar-refractivity contribution in [2.24, 2.45) is 5.41 Å². The zero-order valence-corrected chi connectivity index (χ0v) is 11.6. The summed E-state index contributed by atoms with van der Waals surface area (Å²) in [6, 6.07) is 5.49. The van der Waals surface area contributed by atoms with Crippen LogP contribution in [0.3, 0.4) is 0 Å². The molecular formula is C15H16N2O2. The lowest BCUT2D eigenvalue weighted by Gasteiger charge is -2.11. The number of hydrogen-bond donors (Lipinski definition) is 0. The number of ether oxygens (including phenoxy) is 1. The molecule has 0 N–H and O–H groups in total. The molecule has 4 nitrogen and oxygen atoms in total. The number of aryl methyl sites for hydroxylation is 1. The van der Waals surface area contributed by atoms with Gasteiger partial charge in [0.25, 0.3) is 0 Å². The standard InChI is InChI=1S/C15H16N2O2/c1-11-9-12(5-6-15(2,3)7-8-16)10-13(17-11)14(18)19-4/h9-10H,7H2,1-4H3. The van der Waals surface area contributed by atoms with Crippen LogP contribution in [0.25, 0.3) is 0 Å². The number of nitrogens with zero attached hydrogens (tertiary/aromatic N) is 2. The van der Waals surface area contributed by atoms with Crippen molar-refractivity contribution < 1.29 is 9.53 Å². The molecule has 0 saturated carbocycles. The summed E-state index contributed by atoms with van der Waals surface area (Å²) in [4.78, 5) is 15.5. The highest BCUT2D eigenvalue weighted by Gasteiger charge is 2.13. The van der Waals surface area contributed by atoms with Gasteiger partial charge in [-0.05, 0) is 32.9 Å². The maximum absolute atomic E-state index is 11.4. The molecule has 0 saturated heterocycles. The quantitative estimate of drug-likeness (QED) is 0.602. The second kappa shape index (κ2) is 6.02. The van der Waals surface area contributed by atoms with Crippen LogP contribution in [0, 0.1) is 35.5 Å². The lowest BCUT2D eigenvalue weighted by molar-refractivity contribution is 0.0593. The van der Waals surface area contributed by atoms with Crippen molar-refractivity contribution in [2.45, 2.75) is 27.2 Å². The van der Waals surface area contributed by atoms with E-state index in [1.54, 1.807) is 19.1 Å². The fourth-order valence-corrected chi connectivity index (χ4v) is 1.43. The molecule has 0 aliphatic heterocycles. The zero-order valence-electron chi connectivity index (χ0n) is 11.6. The summed E-state index contributed by atoms with van der Waals surface area (Å²) in [7, 11) is 1.31. The molecule has 1 heterocycles. The molecule has 4 heteroatoms. The maximum Gasteiger partial charge on any atom is 0.356 e. The number of rotatable bonds is 2. The van der Waals surface area contributed by atoms with Crippen LogP contribution < -0.4 is 0 Å². The number of carbonyl (C=O) groups is 1. The minimum absolute atomic E-state index is 0.241. The van der Waals surface area contributed by atoms with Gasteiger partial charge in [0.05, 0.1) is 19.6 Å². The number of nitriles is 1. The fourth-order valence-electron chi connectivity index (χ4n) is 1.43. The average Bonchev–Trinajstić information content (AvgIpc) is 2.35. The molecular weight excluding hydrogens is 240 g/mol. The molecule has 0 spiro atoms. The predicted octanol–water partition coefficient (Wildman–Crippen LogP) is 2.47. The lowest BCUT2D eigenvalue weighted by atomic mass is 9.90. The van der Waals surface area contributed by atoms with Crippen LogP contribution in [0.4, 0.5) is 0 Å². The molecule has 0 aliphatic rings. The molecule has 98 valence electrons.